The van der Waals surface area contributed by atoms with Crippen LogP contribution in [-0.2, 0) is 0 Å². The van der Waals surface area contributed by atoms with Crippen LogP contribution in [0.4, 0.5) is 0 Å². The maximum Gasteiger partial charge on any atom is 0.251 e. The van der Waals surface area contributed by atoms with Gasteiger partial charge in [-0.05, 0) is 77.1 Å². The molecule has 1 aromatic carbocycles. The molecule has 2 rings (SSSR count). The van der Waals surface area contributed by atoms with Crippen LogP contribution in [-0.4, -0.2) is 18.6 Å². The number of benzene rings is 1. The molecule has 1 amide bonds. The number of rotatable bonds is 5. The van der Waals surface area contributed by atoms with Gasteiger partial charge in [0.1, 0.15) is 5.75 Å². The van der Waals surface area contributed by atoms with E-state index in [1.54, 1.807) is 0 Å². The van der Waals surface area contributed by atoms with Gasteiger partial charge in [0.25, 0.3) is 5.91 Å². The van der Waals surface area contributed by atoms with Gasteiger partial charge in [-0.2, -0.15) is 0 Å². The standard InChI is InChI=1S/C21H32BrNO2/c1-14(2)13-25-19-11-6-15(12-18(19)22)20(24)23-17-9-7-16(8-10-17)21(3,4)5/h6,11-12,14,16-17H,7-10,13H2,1-5H3,(H,23,24). The molecule has 4 heteroatoms. The second kappa shape index (κ2) is 8.57. The number of carbonyl (C=O) groups is 1. The summed E-state index contributed by atoms with van der Waals surface area (Å²) in [6.07, 6.45) is 4.54. The van der Waals surface area contributed by atoms with Crippen LogP contribution in [0.15, 0.2) is 22.7 Å². The topological polar surface area (TPSA) is 38.3 Å². The van der Waals surface area contributed by atoms with E-state index in [4.69, 9.17) is 4.74 Å². The van der Waals surface area contributed by atoms with Gasteiger partial charge in [0.05, 0.1) is 11.1 Å². The van der Waals surface area contributed by atoms with E-state index in [-0.39, 0.29) is 5.91 Å². The Hall–Kier alpha value is -1.03. The second-order valence-corrected chi connectivity index (χ2v) is 9.59. The maximum absolute atomic E-state index is 12.5. The fourth-order valence-corrected chi connectivity index (χ4v) is 3.88. The fraction of sp³-hybridized carbons (Fsp3) is 0.667. The van der Waals surface area contributed by atoms with E-state index >= 15 is 0 Å². The van der Waals surface area contributed by atoms with Crippen LogP contribution < -0.4 is 10.1 Å². The number of hydrogen-bond acceptors (Lipinski definition) is 2. The molecule has 0 aliphatic heterocycles. The Labute approximate surface area is 161 Å². The normalized spacial score (nSPS) is 21.2. The number of carbonyl (C=O) groups excluding carboxylic acids is 1. The molecule has 0 spiro atoms. The summed E-state index contributed by atoms with van der Waals surface area (Å²) in [5, 5.41) is 3.20. The lowest BCUT2D eigenvalue weighted by Gasteiger charge is -2.37. The Balaban J connectivity index is 1.90. The third-order valence-electron chi connectivity index (χ3n) is 5.05. The molecule has 0 saturated heterocycles. The van der Waals surface area contributed by atoms with Gasteiger partial charge in [-0.1, -0.05) is 34.6 Å². The highest BCUT2D eigenvalue weighted by molar-refractivity contribution is 9.10. The Morgan fingerprint density at radius 3 is 2.40 bits per heavy atom. The minimum Gasteiger partial charge on any atom is -0.492 e. The van der Waals surface area contributed by atoms with Gasteiger partial charge in [-0.15, -0.1) is 0 Å². The second-order valence-electron chi connectivity index (χ2n) is 8.74. The van der Waals surface area contributed by atoms with Crippen LogP contribution in [0, 0.1) is 17.3 Å². The smallest absolute Gasteiger partial charge is 0.251 e. The van der Waals surface area contributed by atoms with Crippen LogP contribution in [0.5, 0.6) is 5.75 Å². The highest BCUT2D eigenvalue weighted by Crippen LogP contribution is 2.37. The molecule has 0 atom stereocenters. The van der Waals surface area contributed by atoms with E-state index in [0.29, 0.717) is 29.5 Å². The summed E-state index contributed by atoms with van der Waals surface area (Å²) >= 11 is 3.52. The van der Waals surface area contributed by atoms with Crippen molar-refractivity contribution in [2.24, 2.45) is 17.3 Å². The van der Waals surface area contributed by atoms with Gasteiger partial charge >= 0.3 is 0 Å². The Kier molecular flexibility index (Phi) is 6.95. The van der Waals surface area contributed by atoms with Gasteiger partial charge in [-0.25, -0.2) is 0 Å². The molecule has 1 aromatic rings. The first-order valence-corrected chi connectivity index (χ1v) is 10.2. The Morgan fingerprint density at radius 2 is 1.88 bits per heavy atom. The van der Waals surface area contributed by atoms with Gasteiger partial charge in [0, 0.05) is 11.6 Å². The van der Waals surface area contributed by atoms with Crippen LogP contribution in [0.2, 0.25) is 0 Å². The lowest BCUT2D eigenvalue weighted by atomic mass is 9.71. The van der Waals surface area contributed by atoms with E-state index in [1.807, 2.05) is 18.2 Å². The van der Waals surface area contributed by atoms with Crippen molar-refractivity contribution in [3.63, 3.8) is 0 Å². The SMILES string of the molecule is CC(C)COc1ccc(C(=O)NC2CCC(C(C)(C)C)CC2)cc1Br. The first kappa shape index (κ1) is 20.3. The summed E-state index contributed by atoms with van der Waals surface area (Å²) in [6.45, 7) is 11.8. The molecule has 0 heterocycles. The molecule has 1 fully saturated rings. The zero-order chi connectivity index (χ0) is 18.6. The molecular weight excluding hydrogens is 378 g/mol. The molecular formula is C21H32BrNO2. The van der Waals surface area contributed by atoms with Crippen LogP contribution in [0.3, 0.4) is 0 Å². The van der Waals surface area contributed by atoms with Crippen molar-refractivity contribution >= 4 is 21.8 Å². The van der Waals surface area contributed by atoms with Crippen molar-refractivity contribution in [1.82, 2.24) is 5.32 Å². The zero-order valence-electron chi connectivity index (χ0n) is 16.2. The Morgan fingerprint density at radius 1 is 1.24 bits per heavy atom. The van der Waals surface area contributed by atoms with Crippen molar-refractivity contribution in [3.05, 3.63) is 28.2 Å². The summed E-state index contributed by atoms with van der Waals surface area (Å²) in [4.78, 5) is 12.5. The summed E-state index contributed by atoms with van der Waals surface area (Å²) in [5.41, 5.74) is 1.05. The van der Waals surface area contributed by atoms with Gasteiger partial charge in [0.15, 0.2) is 0 Å². The average Bonchev–Trinajstić information content (AvgIpc) is 2.53. The zero-order valence-corrected chi connectivity index (χ0v) is 17.8. The van der Waals surface area contributed by atoms with Crippen LogP contribution in [0.1, 0.15) is 70.7 Å². The minimum absolute atomic E-state index is 0.00955. The predicted molar refractivity (Wildman–Crippen MR) is 107 cm³/mol. The van der Waals surface area contributed by atoms with Gasteiger partial charge in [0.2, 0.25) is 0 Å². The summed E-state index contributed by atoms with van der Waals surface area (Å²) in [6, 6.07) is 5.86. The summed E-state index contributed by atoms with van der Waals surface area (Å²) in [7, 11) is 0. The third kappa shape index (κ3) is 6.02. The van der Waals surface area contributed by atoms with Gasteiger partial charge < -0.3 is 10.1 Å². The number of amides is 1. The molecule has 3 nitrogen and oxygen atoms in total. The molecule has 1 aliphatic rings. The molecule has 0 radical (unpaired) electrons. The predicted octanol–water partition coefficient (Wildman–Crippen LogP) is 5.82. The molecule has 140 valence electrons. The van der Waals surface area contributed by atoms with E-state index in [1.165, 1.54) is 12.8 Å². The number of hydrogen-bond donors (Lipinski definition) is 1. The monoisotopic (exact) mass is 409 g/mol. The van der Waals surface area contributed by atoms with Crippen LogP contribution >= 0.6 is 15.9 Å². The van der Waals surface area contributed by atoms with E-state index in [2.05, 4.69) is 55.9 Å². The van der Waals surface area contributed by atoms with Crippen molar-refractivity contribution < 1.29 is 9.53 Å². The fourth-order valence-electron chi connectivity index (χ4n) is 3.39. The molecule has 0 aromatic heterocycles. The van der Waals surface area contributed by atoms with Crippen molar-refractivity contribution in [2.75, 3.05) is 6.61 Å². The molecule has 1 N–H and O–H groups in total. The maximum atomic E-state index is 12.5. The number of halogens is 1. The number of ether oxygens (including phenoxy) is 1. The molecule has 25 heavy (non-hydrogen) atoms. The lowest BCUT2D eigenvalue weighted by Crippen LogP contribution is -2.39. The molecule has 1 saturated carbocycles. The van der Waals surface area contributed by atoms with Crippen molar-refractivity contribution in [2.45, 2.75) is 66.3 Å². The average molecular weight is 410 g/mol. The molecule has 1 aliphatic carbocycles. The third-order valence-corrected chi connectivity index (χ3v) is 5.67. The minimum atomic E-state index is 0.00955. The van der Waals surface area contributed by atoms with E-state index < -0.39 is 0 Å². The van der Waals surface area contributed by atoms with Crippen molar-refractivity contribution in [1.29, 1.82) is 0 Å². The molecule has 0 bridgehead atoms. The highest BCUT2D eigenvalue weighted by atomic mass is 79.9. The van der Waals surface area contributed by atoms with Crippen LogP contribution in [0.25, 0.3) is 0 Å². The van der Waals surface area contributed by atoms with Gasteiger partial charge in [-0.3, -0.25) is 4.79 Å². The number of nitrogens with one attached hydrogen (secondary N) is 1. The summed E-state index contributed by atoms with van der Waals surface area (Å²) < 4.78 is 6.58. The first-order valence-electron chi connectivity index (χ1n) is 9.40. The summed E-state index contributed by atoms with van der Waals surface area (Å²) in [5.74, 6) is 2.02. The first-order chi connectivity index (χ1) is 11.7. The van der Waals surface area contributed by atoms with E-state index in [0.717, 1.165) is 29.0 Å². The quantitative estimate of drug-likeness (QED) is 0.664. The lowest BCUT2D eigenvalue weighted by molar-refractivity contribution is 0.0904. The Bertz CT molecular complexity index is 584. The molecule has 0 unspecified atom stereocenters. The van der Waals surface area contributed by atoms with Crippen molar-refractivity contribution in [3.8, 4) is 5.75 Å². The van der Waals surface area contributed by atoms with E-state index in [9.17, 15) is 4.79 Å². The highest BCUT2D eigenvalue weighted by Gasteiger charge is 2.30. The largest absolute Gasteiger partial charge is 0.492 e.